The zero-order valence-corrected chi connectivity index (χ0v) is 16.5. The van der Waals surface area contributed by atoms with Gasteiger partial charge in [-0.25, -0.2) is 0 Å². The highest BCUT2D eigenvalue weighted by molar-refractivity contribution is 5.79. The number of amides is 1. The Morgan fingerprint density at radius 1 is 1.12 bits per heavy atom. The zero-order valence-electron chi connectivity index (χ0n) is 16.5. The van der Waals surface area contributed by atoms with Gasteiger partial charge in [0.1, 0.15) is 0 Å². The molecule has 4 heteroatoms. The van der Waals surface area contributed by atoms with Gasteiger partial charge in [-0.05, 0) is 49.4 Å². The molecule has 0 aliphatic carbocycles. The lowest BCUT2D eigenvalue weighted by molar-refractivity contribution is -0.139. The largest absolute Gasteiger partial charge is 0.399 e. The van der Waals surface area contributed by atoms with E-state index in [9.17, 15) is 4.79 Å². The van der Waals surface area contributed by atoms with Crippen LogP contribution in [0.15, 0.2) is 18.2 Å². The first-order chi connectivity index (χ1) is 11.2. The van der Waals surface area contributed by atoms with Crippen LogP contribution in [-0.2, 0) is 11.3 Å². The van der Waals surface area contributed by atoms with Gasteiger partial charge in [0.05, 0.1) is 0 Å². The smallest absolute Gasteiger partial charge is 0.226 e. The number of carbonyl (C=O) groups excluding carboxylic acids is 1. The van der Waals surface area contributed by atoms with Crippen molar-refractivity contribution >= 4 is 17.3 Å². The quantitative estimate of drug-likeness (QED) is 0.727. The van der Waals surface area contributed by atoms with E-state index in [2.05, 4.69) is 39.5 Å². The minimum atomic E-state index is 0.0927. The number of nitrogen functional groups attached to an aromatic ring is 1. The summed E-state index contributed by atoms with van der Waals surface area (Å²) in [5.41, 5.74) is 8.96. The van der Waals surface area contributed by atoms with Gasteiger partial charge in [0.15, 0.2) is 0 Å². The van der Waals surface area contributed by atoms with Gasteiger partial charge in [-0.3, -0.25) is 4.79 Å². The van der Waals surface area contributed by atoms with Gasteiger partial charge in [-0.2, -0.15) is 0 Å². The molecule has 1 amide bonds. The lowest BCUT2D eigenvalue weighted by atomic mass is 9.97. The number of nitrogens with zero attached hydrogens (tertiary/aromatic N) is 2. The van der Waals surface area contributed by atoms with E-state index < -0.39 is 0 Å². The van der Waals surface area contributed by atoms with Crippen molar-refractivity contribution < 1.29 is 4.79 Å². The first-order valence-electron chi connectivity index (χ1n) is 9.09. The first kappa shape index (κ1) is 20.3. The monoisotopic (exact) mass is 333 g/mol. The van der Waals surface area contributed by atoms with Crippen LogP contribution in [0.1, 0.15) is 53.0 Å². The van der Waals surface area contributed by atoms with Crippen molar-refractivity contribution in [1.29, 1.82) is 0 Å². The highest BCUT2D eigenvalue weighted by Gasteiger charge is 2.28. The molecule has 2 N–H and O–H groups in total. The fourth-order valence-electron chi connectivity index (χ4n) is 3.01. The van der Waals surface area contributed by atoms with Crippen LogP contribution in [0.4, 0.5) is 11.4 Å². The average molecular weight is 334 g/mol. The SMILES string of the molecule is CCC(CC)C(=O)N(Cc1cc(N)ccc1N(C)C)[C@@H](C)C(C)C. The van der Waals surface area contributed by atoms with Crippen LogP contribution >= 0.6 is 0 Å². The van der Waals surface area contributed by atoms with E-state index >= 15 is 0 Å². The molecule has 0 unspecified atom stereocenters. The van der Waals surface area contributed by atoms with E-state index in [4.69, 9.17) is 5.73 Å². The molecule has 0 fully saturated rings. The highest BCUT2D eigenvalue weighted by atomic mass is 16.2. The molecule has 0 aliphatic heterocycles. The van der Waals surface area contributed by atoms with Crippen molar-refractivity contribution in [3.05, 3.63) is 23.8 Å². The summed E-state index contributed by atoms with van der Waals surface area (Å²) in [6, 6.07) is 6.13. The van der Waals surface area contributed by atoms with Crippen LogP contribution in [0.2, 0.25) is 0 Å². The number of anilines is 2. The molecular formula is C20H35N3O. The normalized spacial score (nSPS) is 12.5. The van der Waals surface area contributed by atoms with E-state index in [0.717, 1.165) is 29.8 Å². The Morgan fingerprint density at radius 2 is 1.71 bits per heavy atom. The number of benzene rings is 1. The summed E-state index contributed by atoms with van der Waals surface area (Å²) < 4.78 is 0. The van der Waals surface area contributed by atoms with Crippen LogP contribution in [0.3, 0.4) is 0 Å². The molecule has 0 saturated carbocycles. The summed E-state index contributed by atoms with van der Waals surface area (Å²) in [7, 11) is 4.04. The van der Waals surface area contributed by atoms with Crippen molar-refractivity contribution in [3.63, 3.8) is 0 Å². The topological polar surface area (TPSA) is 49.6 Å². The Labute approximate surface area is 148 Å². The summed E-state index contributed by atoms with van der Waals surface area (Å²) in [5, 5.41) is 0. The van der Waals surface area contributed by atoms with Gasteiger partial charge in [0, 0.05) is 44.0 Å². The second-order valence-corrected chi connectivity index (χ2v) is 7.25. The van der Waals surface area contributed by atoms with E-state index in [1.54, 1.807) is 0 Å². The molecule has 1 aromatic carbocycles. The van der Waals surface area contributed by atoms with Gasteiger partial charge >= 0.3 is 0 Å². The Hall–Kier alpha value is -1.71. The minimum Gasteiger partial charge on any atom is -0.399 e. The standard InChI is InChI=1S/C20H35N3O/c1-8-16(9-2)20(24)23(15(5)14(3)4)13-17-12-18(21)10-11-19(17)22(6)7/h10-12,14-16H,8-9,13,21H2,1-7H3/t15-/m0/s1. The van der Waals surface area contributed by atoms with Gasteiger partial charge in [-0.1, -0.05) is 27.7 Å². The Morgan fingerprint density at radius 3 is 2.17 bits per heavy atom. The Bertz CT molecular complexity index is 536. The second kappa shape index (κ2) is 8.95. The van der Waals surface area contributed by atoms with Crippen molar-refractivity contribution in [2.24, 2.45) is 11.8 Å². The predicted octanol–water partition coefficient (Wildman–Crippen LogP) is 4.14. The second-order valence-electron chi connectivity index (χ2n) is 7.25. The van der Waals surface area contributed by atoms with Crippen molar-refractivity contribution in [1.82, 2.24) is 4.90 Å². The fourth-order valence-corrected chi connectivity index (χ4v) is 3.01. The molecule has 1 aromatic rings. The zero-order chi connectivity index (χ0) is 18.4. The number of hydrogen-bond acceptors (Lipinski definition) is 3. The molecule has 0 bridgehead atoms. The van der Waals surface area contributed by atoms with Crippen molar-refractivity contribution in [2.75, 3.05) is 24.7 Å². The van der Waals surface area contributed by atoms with E-state index in [-0.39, 0.29) is 17.9 Å². The van der Waals surface area contributed by atoms with E-state index in [0.29, 0.717) is 12.5 Å². The maximum absolute atomic E-state index is 13.1. The molecule has 0 saturated heterocycles. The van der Waals surface area contributed by atoms with Crippen molar-refractivity contribution in [3.8, 4) is 0 Å². The molecule has 0 radical (unpaired) electrons. The lowest BCUT2D eigenvalue weighted by Crippen LogP contribution is -2.44. The highest BCUT2D eigenvalue weighted by Crippen LogP contribution is 2.27. The van der Waals surface area contributed by atoms with E-state index in [1.165, 1.54) is 0 Å². The van der Waals surface area contributed by atoms with E-state index in [1.807, 2.05) is 37.2 Å². The molecule has 1 atom stereocenters. The molecule has 136 valence electrons. The molecule has 4 nitrogen and oxygen atoms in total. The third kappa shape index (κ3) is 4.89. The number of rotatable bonds is 8. The molecule has 1 rings (SSSR count). The average Bonchev–Trinajstić information content (AvgIpc) is 2.52. The molecule has 0 heterocycles. The van der Waals surface area contributed by atoms with Gasteiger partial charge in [0.25, 0.3) is 0 Å². The van der Waals surface area contributed by atoms with Crippen molar-refractivity contribution in [2.45, 2.75) is 60.0 Å². The van der Waals surface area contributed by atoms with Crippen LogP contribution in [0.5, 0.6) is 0 Å². The molecule has 24 heavy (non-hydrogen) atoms. The third-order valence-electron chi connectivity index (χ3n) is 5.00. The molecule has 0 aliphatic rings. The molecule has 0 spiro atoms. The number of nitrogens with two attached hydrogens (primary N) is 1. The number of hydrogen-bond donors (Lipinski definition) is 1. The lowest BCUT2D eigenvalue weighted by Gasteiger charge is -2.35. The Kier molecular flexibility index (Phi) is 7.59. The van der Waals surface area contributed by atoms with Crippen LogP contribution in [0, 0.1) is 11.8 Å². The van der Waals surface area contributed by atoms with Gasteiger partial charge < -0.3 is 15.5 Å². The molecular weight excluding hydrogens is 298 g/mol. The van der Waals surface area contributed by atoms with Crippen LogP contribution in [-0.4, -0.2) is 30.9 Å². The fraction of sp³-hybridized carbons (Fsp3) is 0.650. The first-order valence-corrected chi connectivity index (χ1v) is 9.09. The summed E-state index contributed by atoms with van der Waals surface area (Å²) in [5.74, 6) is 0.760. The van der Waals surface area contributed by atoms with Gasteiger partial charge in [-0.15, -0.1) is 0 Å². The van der Waals surface area contributed by atoms with Crippen LogP contribution in [0.25, 0.3) is 0 Å². The third-order valence-corrected chi connectivity index (χ3v) is 5.00. The maximum Gasteiger partial charge on any atom is 0.226 e. The maximum atomic E-state index is 13.1. The minimum absolute atomic E-state index is 0.0927. The van der Waals surface area contributed by atoms with Crippen LogP contribution < -0.4 is 10.6 Å². The summed E-state index contributed by atoms with van der Waals surface area (Å²) in [4.78, 5) is 17.2. The summed E-state index contributed by atoms with van der Waals surface area (Å²) >= 11 is 0. The summed E-state index contributed by atoms with van der Waals surface area (Å²) in [6.45, 7) is 11.3. The Balaban J connectivity index is 3.23. The van der Waals surface area contributed by atoms with Gasteiger partial charge in [0.2, 0.25) is 5.91 Å². The summed E-state index contributed by atoms with van der Waals surface area (Å²) in [6.07, 6.45) is 1.77. The molecule has 0 aromatic heterocycles. The predicted molar refractivity (Wildman–Crippen MR) is 104 cm³/mol. The number of carbonyl (C=O) groups is 1.